The van der Waals surface area contributed by atoms with Gasteiger partial charge in [-0.1, -0.05) is 18.9 Å². The third-order valence-electron chi connectivity index (χ3n) is 3.65. The Morgan fingerprint density at radius 3 is 2.67 bits per heavy atom. The SMILES string of the molecule is Cc1c(N)cccc1S(=O)(=O)NCC1CCCC1. The molecule has 0 unspecified atom stereocenters. The van der Waals surface area contributed by atoms with Gasteiger partial charge in [0.25, 0.3) is 0 Å². The Morgan fingerprint density at radius 1 is 1.33 bits per heavy atom. The summed E-state index contributed by atoms with van der Waals surface area (Å²) in [5.41, 5.74) is 6.88. The molecule has 1 fully saturated rings. The lowest BCUT2D eigenvalue weighted by atomic mass is 10.1. The van der Waals surface area contributed by atoms with E-state index in [0.717, 1.165) is 12.8 Å². The van der Waals surface area contributed by atoms with Crippen molar-refractivity contribution in [3.05, 3.63) is 23.8 Å². The second kappa shape index (κ2) is 5.28. The summed E-state index contributed by atoms with van der Waals surface area (Å²) in [6.07, 6.45) is 4.67. The predicted molar refractivity (Wildman–Crippen MR) is 72.7 cm³/mol. The normalized spacial score (nSPS) is 17.2. The minimum Gasteiger partial charge on any atom is -0.398 e. The number of anilines is 1. The van der Waals surface area contributed by atoms with E-state index in [1.807, 2.05) is 0 Å². The van der Waals surface area contributed by atoms with Gasteiger partial charge in [0.05, 0.1) is 4.90 Å². The van der Waals surface area contributed by atoms with E-state index in [1.54, 1.807) is 25.1 Å². The average Bonchev–Trinajstić information content (AvgIpc) is 2.83. The number of nitrogens with one attached hydrogen (secondary N) is 1. The van der Waals surface area contributed by atoms with Gasteiger partial charge in [-0.05, 0) is 43.4 Å². The third-order valence-corrected chi connectivity index (χ3v) is 5.22. The van der Waals surface area contributed by atoms with Crippen molar-refractivity contribution in [1.29, 1.82) is 0 Å². The molecule has 0 atom stereocenters. The van der Waals surface area contributed by atoms with Crippen LogP contribution in [0, 0.1) is 12.8 Å². The van der Waals surface area contributed by atoms with Gasteiger partial charge in [-0.25, -0.2) is 13.1 Å². The van der Waals surface area contributed by atoms with E-state index in [-0.39, 0.29) is 0 Å². The van der Waals surface area contributed by atoms with E-state index in [1.165, 1.54) is 12.8 Å². The monoisotopic (exact) mass is 268 g/mol. The van der Waals surface area contributed by atoms with Crippen LogP contribution in [0.2, 0.25) is 0 Å². The number of sulfonamides is 1. The van der Waals surface area contributed by atoms with Crippen LogP contribution in [0.5, 0.6) is 0 Å². The molecule has 0 amide bonds. The molecule has 0 saturated heterocycles. The fraction of sp³-hybridized carbons (Fsp3) is 0.538. The topological polar surface area (TPSA) is 72.2 Å². The van der Waals surface area contributed by atoms with Crippen molar-refractivity contribution < 1.29 is 8.42 Å². The van der Waals surface area contributed by atoms with E-state index in [2.05, 4.69) is 4.72 Å². The van der Waals surface area contributed by atoms with Crippen molar-refractivity contribution in [2.24, 2.45) is 5.92 Å². The van der Waals surface area contributed by atoms with Crippen LogP contribution in [-0.4, -0.2) is 15.0 Å². The molecule has 2 rings (SSSR count). The summed E-state index contributed by atoms with van der Waals surface area (Å²) in [4.78, 5) is 0.292. The van der Waals surface area contributed by atoms with Crippen molar-refractivity contribution >= 4 is 15.7 Å². The minimum atomic E-state index is -3.43. The average molecular weight is 268 g/mol. The predicted octanol–water partition coefficient (Wildman–Crippen LogP) is 2.05. The standard InChI is InChI=1S/C13H20N2O2S/c1-10-12(14)7-4-8-13(10)18(16,17)15-9-11-5-2-3-6-11/h4,7-8,11,15H,2-3,5-6,9,14H2,1H3. The molecule has 0 spiro atoms. The van der Waals surface area contributed by atoms with Gasteiger partial charge in [0.2, 0.25) is 10.0 Å². The highest BCUT2D eigenvalue weighted by Gasteiger charge is 2.21. The van der Waals surface area contributed by atoms with E-state index >= 15 is 0 Å². The molecular formula is C13H20N2O2S. The highest BCUT2D eigenvalue weighted by molar-refractivity contribution is 7.89. The van der Waals surface area contributed by atoms with Gasteiger partial charge in [-0.15, -0.1) is 0 Å². The molecule has 0 aliphatic heterocycles. The summed E-state index contributed by atoms with van der Waals surface area (Å²) in [6.45, 7) is 2.27. The molecule has 0 bridgehead atoms. The molecular weight excluding hydrogens is 248 g/mol. The van der Waals surface area contributed by atoms with Gasteiger partial charge in [-0.2, -0.15) is 0 Å². The molecule has 1 aliphatic carbocycles. The maximum atomic E-state index is 12.2. The molecule has 5 heteroatoms. The molecule has 18 heavy (non-hydrogen) atoms. The lowest BCUT2D eigenvalue weighted by Gasteiger charge is -2.13. The minimum absolute atomic E-state index is 0.292. The Morgan fingerprint density at radius 2 is 2.00 bits per heavy atom. The van der Waals surface area contributed by atoms with Crippen molar-refractivity contribution in [2.45, 2.75) is 37.5 Å². The zero-order chi connectivity index (χ0) is 13.2. The van der Waals surface area contributed by atoms with E-state index < -0.39 is 10.0 Å². The van der Waals surface area contributed by atoms with Gasteiger partial charge in [0, 0.05) is 12.2 Å². The summed E-state index contributed by atoms with van der Waals surface area (Å²) in [7, 11) is -3.43. The fourth-order valence-corrected chi connectivity index (χ4v) is 3.83. The van der Waals surface area contributed by atoms with Gasteiger partial charge in [0.15, 0.2) is 0 Å². The lowest BCUT2D eigenvalue weighted by Crippen LogP contribution is -2.29. The van der Waals surface area contributed by atoms with Crippen molar-refractivity contribution in [2.75, 3.05) is 12.3 Å². The zero-order valence-corrected chi connectivity index (χ0v) is 11.5. The zero-order valence-electron chi connectivity index (χ0n) is 10.6. The van der Waals surface area contributed by atoms with E-state index in [9.17, 15) is 8.42 Å². The summed E-state index contributed by atoms with van der Waals surface area (Å²) in [5.74, 6) is 0.487. The molecule has 4 nitrogen and oxygen atoms in total. The molecule has 100 valence electrons. The largest absolute Gasteiger partial charge is 0.398 e. The quantitative estimate of drug-likeness (QED) is 0.821. The van der Waals surface area contributed by atoms with Crippen LogP contribution in [0.15, 0.2) is 23.1 Å². The number of rotatable bonds is 4. The van der Waals surface area contributed by atoms with Crippen LogP contribution in [0.3, 0.4) is 0 Å². The van der Waals surface area contributed by atoms with Crippen LogP contribution < -0.4 is 10.5 Å². The molecule has 1 saturated carbocycles. The summed E-state index contributed by atoms with van der Waals surface area (Å²) >= 11 is 0. The first-order valence-electron chi connectivity index (χ1n) is 6.35. The fourth-order valence-electron chi connectivity index (χ4n) is 2.44. The summed E-state index contributed by atoms with van der Waals surface area (Å²) in [6, 6.07) is 4.99. The van der Waals surface area contributed by atoms with Crippen LogP contribution in [0.4, 0.5) is 5.69 Å². The Kier molecular flexibility index (Phi) is 3.92. The maximum absolute atomic E-state index is 12.2. The lowest BCUT2D eigenvalue weighted by molar-refractivity contribution is 0.519. The van der Waals surface area contributed by atoms with Crippen LogP contribution in [0.1, 0.15) is 31.2 Å². The van der Waals surface area contributed by atoms with Gasteiger partial charge in [-0.3, -0.25) is 0 Å². The molecule has 1 aromatic carbocycles. The number of hydrogen-bond acceptors (Lipinski definition) is 3. The van der Waals surface area contributed by atoms with Crippen LogP contribution in [-0.2, 0) is 10.0 Å². The van der Waals surface area contributed by atoms with E-state index in [4.69, 9.17) is 5.73 Å². The number of benzene rings is 1. The molecule has 0 heterocycles. The van der Waals surface area contributed by atoms with Crippen LogP contribution in [0.25, 0.3) is 0 Å². The van der Waals surface area contributed by atoms with Crippen molar-refractivity contribution in [1.82, 2.24) is 4.72 Å². The smallest absolute Gasteiger partial charge is 0.240 e. The van der Waals surface area contributed by atoms with Gasteiger partial charge < -0.3 is 5.73 Å². The van der Waals surface area contributed by atoms with E-state index in [0.29, 0.717) is 28.6 Å². The first kappa shape index (κ1) is 13.4. The Bertz CT molecular complexity index is 520. The molecule has 1 aliphatic rings. The van der Waals surface area contributed by atoms with Crippen molar-refractivity contribution in [3.63, 3.8) is 0 Å². The Labute approximate surface area is 109 Å². The second-order valence-electron chi connectivity index (χ2n) is 4.97. The highest BCUT2D eigenvalue weighted by Crippen LogP contribution is 2.25. The maximum Gasteiger partial charge on any atom is 0.240 e. The van der Waals surface area contributed by atoms with Gasteiger partial charge >= 0.3 is 0 Å². The summed E-state index contributed by atoms with van der Waals surface area (Å²) in [5, 5.41) is 0. The highest BCUT2D eigenvalue weighted by atomic mass is 32.2. The number of nitrogens with two attached hydrogens (primary N) is 1. The summed E-state index contributed by atoms with van der Waals surface area (Å²) < 4.78 is 27.1. The second-order valence-corrected chi connectivity index (χ2v) is 6.71. The van der Waals surface area contributed by atoms with Crippen molar-refractivity contribution in [3.8, 4) is 0 Å². The Hall–Kier alpha value is -1.07. The molecule has 3 N–H and O–H groups in total. The molecule has 0 aromatic heterocycles. The third kappa shape index (κ3) is 2.84. The van der Waals surface area contributed by atoms with Crippen LogP contribution >= 0.6 is 0 Å². The first-order valence-corrected chi connectivity index (χ1v) is 7.84. The Balaban J connectivity index is 2.12. The number of hydrogen-bond donors (Lipinski definition) is 2. The first-order chi connectivity index (χ1) is 8.50. The number of nitrogen functional groups attached to an aromatic ring is 1. The molecule has 1 aromatic rings. The molecule has 0 radical (unpaired) electrons. The van der Waals surface area contributed by atoms with Gasteiger partial charge in [0.1, 0.15) is 0 Å².